The van der Waals surface area contributed by atoms with Gasteiger partial charge in [0.2, 0.25) is 0 Å². The fourth-order valence-electron chi connectivity index (χ4n) is 4.25. The van der Waals surface area contributed by atoms with Gasteiger partial charge >= 0.3 is 5.97 Å². The number of allylic oxidation sites excluding steroid dienone is 1. The lowest BCUT2D eigenvalue weighted by atomic mass is 10.0. The Hall–Kier alpha value is -4.34. The molecule has 0 bridgehead atoms. The smallest absolute Gasteiger partial charge is 0.335 e. The van der Waals surface area contributed by atoms with Crippen LogP contribution in [0.25, 0.3) is 6.08 Å². The van der Waals surface area contributed by atoms with E-state index in [2.05, 4.69) is 6.58 Å². The lowest BCUT2D eigenvalue weighted by Crippen LogP contribution is -2.32. The largest absolute Gasteiger partial charge is 0.490 e. The molecule has 1 saturated heterocycles. The van der Waals surface area contributed by atoms with Crippen LogP contribution in [0.5, 0.6) is 11.5 Å². The second-order valence-corrected chi connectivity index (χ2v) is 10.2. The van der Waals surface area contributed by atoms with E-state index in [1.807, 2.05) is 62.4 Å². The van der Waals surface area contributed by atoms with Gasteiger partial charge in [0.15, 0.2) is 16.7 Å². The van der Waals surface area contributed by atoms with Gasteiger partial charge in [-0.05, 0) is 85.6 Å². The zero-order valence-electron chi connectivity index (χ0n) is 23.7. The molecule has 0 radical (unpaired) electrons. The Morgan fingerprint density at radius 1 is 1.05 bits per heavy atom. The van der Waals surface area contributed by atoms with Crippen molar-refractivity contribution in [1.82, 2.24) is 4.90 Å². The first-order valence-corrected chi connectivity index (χ1v) is 14.5. The summed E-state index contributed by atoms with van der Waals surface area (Å²) in [6.45, 7) is 9.74. The second-order valence-electron chi connectivity index (χ2n) is 9.22. The zero-order chi connectivity index (χ0) is 29.9. The molecule has 42 heavy (non-hydrogen) atoms. The number of hydrogen-bond donors (Lipinski definition) is 1. The number of benzene rings is 3. The normalized spacial score (nSPS) is 14.9. The molecule has 1 heterocycles. The van der Waals surface area contributed by atoms with Gasteiger partial charge in [-0.1, -0.05) is 36.4 Å². The lowest BCUT2D eigenvalue weighted by molar-refractivity contribution is -0.122. The summed E-state index contributed by atoms with van der Waals surface area (Å²) < 4.78 is 17.7. The standard InChI is InChI=1S/C33H34N2O6S/c1-4-10-26-19-24(20-28(40-6-3)30(26)41-22-23-13-15-25(16-14-23)32(37)38)21-29-31(36)35(17-18-39-5-2)33(42-29)34-27-11-8-7-9-12-27/h4,7-9,11-16,19-21H,1,5-6,10,17-18,22H2,2-3H3,(H,37,38)/b29-21-,34-33?. The van der Waals surface area contributed by atoms with Crippen LogP contribution >= 0.6 is 11.8 Å². The summed E-state index contributed by atoms with van der Waals surface area (Å²) in [5.41, 5.74) is 3.44. The maximum absolute atomic E-state index is 13.5. The van der Waals surface area contributed by atoms with Gasteiger partial charge in [-0.2, -0.15) is 0 Å². The van der Waals surface area contributed by atoms with E-state index in [0.717, 1.165) is 22.4 Å². The number of hydrogen-bond acceptors (Lipinski definition) is 7. The average Bonchev–Trinajstić information content (AvgIpc) is 3.27. The van der Waals surface area contributed by atoms with Crippen LogP contribution in [-0.4, -0.2) is 53.4 Å². The van der Waals surface area contributed by atoms with E-state index in [1.54, 1.807) is 35.2 Å². The van der Waals surface area contributed by atoms with Crippen molar-refractivity contribution >= 4 is 40.6 Å². The fourth-order valence-corrected chi connectivity index (χ4v) is 5.28. The molecule has 218 valence electrons. The molecule has 1 amide bonds. The van der Waals surface area contributed by atoms with Crippen molar-refractivity contribution in [2.75, 3.05) is 26.4 Å². The van der Waals surface area contributed by atoms with E-state index in [0.29, 0.717) is 54.4 Å². The molecule has 1 aliphatic heterocycles. The van der Waals surface area contributed by atoms with Gasteiger partial charge in [0, 0.05) is 12.2 Å². The lowest BCUT2D eigenvalue weighted by Gasteiger charge is -2.17. The van der Waals surface area contributed by atoms with Crippen molar-refractivity contribution in [3.05, 3.63) is 107 Å². The molecule has 3 aromatic carbocycles. The van der Waals surface area contributed by atoms with Crippen LogP contribution in [0.15, 0.2) is 89.3 Å². The number of para-hydroxylation sites is 1. The first-order valence-electron chi connectivity index (χ1n) is 13.7. The van der Waals surface area contributed by atoms with Crippen LogP contribution in [0.2, 0.25) is 0 Å². The highest BCUT2D eigenvalue weighted by molar-refractivity contribution is 8.18. The molecule has 0 saturated carbocycles. The van der Waals surface area contributed by atoms with Crippen LogP contribution in [0.3, 0.4) is 0 Å². The molecule has 1 aliphatic rings. The maximum Gasteiger partial charge on any atom is 0.335 e. The van der Waals surface area contributed by atoms with Crippen LogP contribution in [0.4, 0.5) is 5.69 Å². The first-order chi connectivity index (χ1) is 20.4. The highest BCUT2D eigenvalue weighted by Crippen LogP contribution is 2.38. The highest BCUT2D eigenvalue weighted by Gasteiger charge is 2.33. The van der Waals surface area contributed by atoms with Crippen molar-refractivity contribution in [1.29, 1.82) is 0 Å². The number of thioether (sulfide) groups is 1. The van der Waals surface area contributed by atoms with Gasteiger partial charge in [0.1, 0.15) is 6.61 Å². The summed E-state index contributed by atoms with van der Waals surface area (Å²) in [4.78, 5) is 31.6. The van der Waals surface area contributed by atoms with E-state index in [-0.39, 0.29) is 18.1 Å². The van der Waals surface area contributed by atoms with Gasteiger partial charge in [0.05, 0.1) is 35.9 Å². The Balaban J connectivity index is 1.65. The van der Waals surface area contributed by atoms with Crippen molar-refractivity contribution in [3.8, 4) is 11.5 Å². The Morgan fingerprint density at radius 2 is 1.81 bits per heavy atom. The quantitative estimate of drug-likeness (QED) is 0.127. The Bertz CT molecular complexity index is 1470. The summed E-state index contributed by atoms with van der Waals surface area (Å²) in [6, 6.07) is 19.9. The molecule has 0 aromatic heterocycles. The van der Waals surface area contributed by atoms with E-state index >= 15 is 0 Å². The summed E-state index contributed by atoms with van der Waals surface area (Å²) in [5, 5.41) is 9.76. The van der Waals surface area contributed by atoms with Crippen molar-refractivity contribution in [2.45, 2.75) is 26.9 Å². The van der Waals surface area contributed by atoms with Gasteiger partial charge in [-0.3, -0.25) is 9.69 Å². The third-order valence-corrected chi connectivity index (χ3v) is 7.24. The fraction of sp³-hybridized carbons (Fsp3) is 0.242. The predicted molar refractivity (Wildman–Crippen MR) is 167 cm³/mol. The highest BCUT2D eigenvalue weighted by atomic mass is 32.2. The Morgan fingerprint density at radius 3 is 2.48 bits per heavy atom. The molecular formula is C33H34N2O6S. The van der Waals surface area contributed by atoms with Crippen molar-refractivity contribution < 1.29 is 28.9 Å². The number of carboxylic acids is 1. The first kappa shape index (κ1) is 30.6. The number of amides is 1. The molecule has 1 N–H and O–H groups in total. The number of ether oxygens (including phenoxy) is 3. The van der Waals surface area contributed by atoms with Gasteiger partial charge in [-0.25, -0.2) is 9.79 Å². The molecule has 3 aromatic rings. The monoisotopic (exact) mass is 586 g/mol. The molecule has 0 spiro atoms. The number of amidine groups is 1. The van der Waals surface area contributed by atoms with Crippen molar-refractivity contribution in [2.24, 2.45) is 4.99 Å². The van der Waals surface area contributed by atoms with Crippen LogP contribution in [0.1, 0.15) is 40.9 Å². The second kappa shape index (κ2) is 15.0. The molecule has 0 atom stereocenters. The topological polar surface area (TPSA) is 97.7 Å². The van der Waals surface area contributed by atoms with Gasteiger partial charge in [0.25, 0.3) is 5.91 Å². The third kappa shape index (κ3) is 7.90. The Labute approximate surface area is 250 Å². The van der Waals surface area contributed by atoms with E-state index in [9.17, 15) is 9.59 Å². The number of aromatic carboxylic acids is 1. The Kier molecular flexibility index (Phi) is 11.0. The molecule has 9 heteroatoms. The molecule has 0 unspecified atom stereocenters. The number of carbonyl (C=O) groups excluding carboxylic acids is 1. The number of aliphatic imine (C=N–C) groups is 1. The number of carboxylic acid groups (broad SMARTS) is 1. The van der Waals surface area contributed by atoms with E-state index < -0.39 is 5.97 Å². The third-order valence-electron chi connectivity index (χ3n) is 6.23. The van der Waals surface area contributed by atoms with Crippen LogP contribution in [-0.2, 0) is 22.6 Å². The van der Waals surface area contributed by atoms with Gasteiger partial charge in [-0.15, -0.1) is 6.58 Å². The number of nitrogens with zero attached hydrogens (tertiary/aromatic N) is 2. The van der Waals surface area contributed by atoms with E-state index in [4.69, 9.17) is 24.3 Å². The predicted octanol–water partition coefficient (Wildman–Crippen LogP) is 6.73. The van der Waals surface area contributed by atoms with Crippen LogP contribution < -0.4 is 9.47 Å². The minimum absolute atomic E-state index is 0.136. The summed E-state index contributed by atoms with van der Waals surface area (Å²) in [7, 11) is 0. The number of carbonyl (C=O) groups is 2. The maximum atomic E-state index is 13.5. The molecule has 0 aliphatic carbocycles. The minimum Gasteiger partial charge on any atom is -0.490 e. The summed E-state index contributed by atoms with van der Waals surface area (Å²) in [5.74, 6) is 0.0144. The van der Waals surface area contributed by atoms with Crippen molar-refractivity contribution in [3.63, 3.8) is 0 Å². The minimum atomic E-state index is -0.978. The number of rotatable bonds is 14. The molecular weight excluding hydrogens is 552 g/mol. The average molecular weight is 587 g/mol. The molecule has 1 fully saturated rings. The van der Waals surface area contributed by atoms with Gasteiger partial charge < -0.3 is 19.3 Å². The molecule has 8 nitrogen and oxygen atoms in total. The summed E-state index contributed by atoms with van der Waals surface area (Å²) >= 11 is 1.33. The zero-order valence-corrected chi connectivity index (χ0v) is 24.6. The summed E-state index contributed by atoms with van der Waals surface area (Å²) in [6.07, 6.45) is 4.15. The van der Waals surface area contributed by atoms with Crippen LogP contribution in [0, 0.1) is 0 Å². The van der Waals surface area contributed by atoms with E-state index in [1.165, 1.54) is 11.8 Å². The molecule has 4 rings (SSSR count). The SMILES string of the molecule is C=CCc1cc(/C=C2\SC(=Nc3ccccc3)N(CCOCC)C2=O)cc(OCC)c1OCc1ccc(C(=O)O)cc1.